The van der Waals surface area contributed by atoms with Gasteiger partial charge in [-0.25, -0.2) is 17.5 Å². The number of esters is 1. The van der Waals surface area contributed by atoms with Crippen LogP contribution in [0.4, 0.5) is 11.4 Å². The zero-order valence-corrected chi connectivity index (χ0v) is 18.8. The lowest BCUT2D eigenvalue weighted by atomic mass is 10.1. The molecule has 33 heavy (non-hydrogen) atoms. The van der Waals surface area contributed by atoms with Crippen LogP contribution in [-0.2, 0) is 19.6 Å². The summed E-state index contributed by atoms with van der Waals surface area (Å²) in [6.45, 7) is 1.28. The molecule has 0 bridgehead atoms. The number of nitro groups is 1. The number of nitrogens with zero attached hydrogens (tertiary/aromatic N) is 2. The van der Waals surface area contributed by atoms with Crippen molar-refractivity contribution < 1.29 is 37.1 Å². The highest BCUT2D eigenvalue weighted by Crippen LogP contribution is 2.36. The maximum absolute atomic E-state index is 12.4. The van der Waals surface area contributed by atoms with Crippen LogP contribution in [0.2, 0.25) is 0 Å². The van der Waals surface area contributed by atoms with Crippen molar-refractivity contribution in [2.45, 2.75) is 11.8 Å². The van der Waals surface area contributed by atoms with Crippen LogP contribution in [0.3, 0.4) is 0 Å². The minimum absolute atomic E-state index is 0.00852. The molecule has 1 heterocycles. The summed E-state index contributed by atoms with van der Waals surface area (Å²) < 4.78 is 41.4. The Labute approximate surface area is 189 Å². The Hall–Kier alpha value is -3.71. The number of nitrogens with one attached hydrogen (secondary N) is 1. The molecule has 0 unspecified atom stereocenters. The molecule has 3 rings (SSSR count). The number of nitro benzene ring substituents is 1. The van der Waals surface area contributed by atoms with Crippen molar-refractivity contribution in [3.05, 3.63) is 51.6 Å². The number of ether oxygens (including phenoxy) is 3. The summed E-state index contributed by atoms with van der Waals surface area (Å²) in [4.78, 5) is 35.3. The fraction of sp³-hybridized carbons (Fsp3) is 0.300. The van der Waals surface area contributed by atoms with E-state index in [9.17, 15) is 28.1 Å². The molecule has 176 valence electrons. The molecule has 0 saturated carbocycles. The van der Waals surface area contributed by atoms with Gasteiger partial charge in [-0.15, -0.1) is 0 Å². The van der Waals surface area contributed by atoms with Crippen LogP contribution in [0.15, 0.2) is 35.2 Å². The number of carbonyl (C=O) groups excluding carboxylic acids is 2. The lowest BCUT2D eigenvalue weighted by molar-refractivity contribution is -0.385. The van der Waals surface area contributed by atoms with E-state index in [1.165, 1.54) is 32.3 Å². The topological polar surface area (TPSA) is 154 Å². The molecule has 0 fully saturated rings. The molecule has 1 aliphatic rings. The lowest BCUT2D eigenvalue weighted by Gasteiger charge is -2.18. The van der Waals surface area contributed by atoms with Crippen molar-refractivity contribution in [1.82, 2.24) is 4.31 Å². The maximum Gasteiger partial charge on any atom is 0.345 e. The fourth-order valence-electron chi connectivity index (χ4n) is 2.95. The molecule has 0 atom stereocenters. The van der Waals surface area contributed by atoms with Crippen LogP contribution in [0.25, 0.3) is 0 Å². The second kappa shape index (κ2) is 9.42. The SMILES string of the molecule is Cc1ccc(NC(=O)COC(=O)c2cc3c(cc2[N+](=O)[O-])OCCO3)cc1S(=O)(=O)N(C)C. The van der Waals surface area contributed by atoms with E-state index in [2.05, 4.69) is 5.32 Å². The number of benzene rings is 2. The Bertz CT molecular complexity index is 1230. The standard InChI is InChI=1S/C20H21N3O9S/c1-12-4-5-13(8-18(12)33(28,29)22(2)3)21-19(24)11-32-20(25)14-9-16-17(31-7-6-30-16)10-15(14)23(26)27/h4-5,8-10H,6-7,11H2,1-3H3,(H,21,24). The van der Waals surface area contributed by atoms with Gasteiger partial charge in [0, 0.05) is 25.8 Å². The first-order valence-corrected chi connectivity index (χ1v) is 11.0. The lowest BCUT2D eigenvalue weighted by Crippen LogP contribution is -2.24. The number of hydrogen-bond acceptors (Lipinski definition) is 9. The molecule has 12 nitrogen and oxygen atoms in total. The normalized spacial score (nSPS) is 12.8. The van der Waals surface area contributed by atoms with Gasteiger partial charge in [-0.3, -0.25) is 14.9 Å². The first-order valence-electron chi connectivity index (χ1n) is 9.59. The van der Waals surface area contributed by atoms with Gasteiger partial charge in [0.1, 0.15) is 18.8 Å². The number of sulfonamides is 1. The Kier molecular flexibility index (Phi) is 6.84. The highest BCUT2D eigenvalue weighted by atomic mass is 32.2. The molecule has 0 spiro atoms. The number of rotatable bonds is 7. The third kappa shape index (κ3) is 5.21. The van der Waals surface area contributed by atoms with E-state index in [0.717, 1.165) is 16.4 Å². The first kappa shape index (κ1) is 23.9. The van der Waals surface area contributed by atoms with E-state index in [-0.39, 0.29) is 35.3 Å². The van der Waals surface area contributed by atoms with Crippen molar-refractivity contribution in [3.63, 3.8) is 0 Å². The molecule has 0 aliphatic carbocycles. The average Bonchev–Trinajstić information content (AvgIpc) is 2.77. The summed E-state index contributed by atoms with van der Waals surface area (Å²) >= 11 is 0. The van der Waals surface area contributed by atoms with Gasteiger partial charge in [0.25, 0.3) is 11.6 Å². The van der Waals surface area contributed by atoms with Crippen molar-refractivity contribution >= 4 is 33.3 Å². The predicted molar refractivity (Wildman–Crippen MR) is 115 cm³/mol. The number of anilines is 1. The second-order valence-electron chi connectivity index (χ2n) is 7.16. The van der Waals surface area contributed by atoms with E-state index < -0.39 is 44.7 Å². The summed E-state index contributed by atoms with van der Waals surface area (Å²) in [6.07, 6.45) is 0. The molecule has 0 saturated heterocycles. The number of hydrogen-bond donors (Lipinski definition) is 1. The zero-order valence-electron chi connectivity index (χ0n) is 18.0. The molecule has 1 aliphatic heterocycles. The third-order valence-electron chi connectivity index (χ3n) is 4.64. The highest BCUT2D eigenvalue weighted by molar-refractivity contribution is 7.89. The van der Waals surface area contributed by atoms with Gasteiger partial charge < -0.3 is 19.5 Å². The van der Waals surface area contributed by atoms with Gasteiger partial charge >= 0.3 is 5.97 Å². The van der Waals surface area contributed by atoms with Gasteiger partial charge in [0.05, 0.1) is 15.9 Å². The number of carbonyl (C=O) groups is 2. The van der Waals surface area contributed by atoms with Crippen LogP contribution in [-0.4, -0.2) is 63.4 Å². The fourth-order valence-corrected chi connectivity index (χ4v) is 4.10. The third-order valence-corrected chi connectivity index (χ3v) is 6.60. The van der Waals surface area contributed by atoms with Gasteiger partial charge in [-0.1, -0.05) is 6.07 Å². The molecule has 0 aromatic heterocycles. The highest BCUT2D eigenvalue weighted by Gasteiger charge is 2.28. The van der Waals surface area contributed by atoms with E-state index in [1.54, 1.807) is 6.92 Å². The average molecular weight is 479 g/mol. The van der Waals surface area contributed by atoms with E-state index in [1.807, 2.05) is 0 Å². The van der Waals surface area contributed by atoms with Crippen LogP contribution < -0.4 is 14.8 Å². The van der Waals surface area contributed by atoms with Crippen molar-refractivity contribution in [2.24, 2.45) is 0 Å². The van der Waals surface area contributed by atoms with E-state index in [0.29, 0.717) is 5.56 Å². The van der Waals surface area contributed by atoms with Crippen LogP contribution >= 0.6 is 0 Å². The molecule has 2 aromatic rings. The summed E-state index contributed by atoms with van der Waals surface area (Å²) in [6, 6.07) is 6.50. The molecular formula is C20H21N3O9S. The Morgan fingerprint density at radius 2 is 1.79 bits per heavy atom. The van der Waals surface area contributed by atoms with Crippen molar-refractivity contribution in [1.29, 1.82) is 0 Å². The Morgan fingerprint density at radius 3 is 2.39 bits per heavy atom. The first-order chi connectivity index (χ1) is 15.5. The molecule has 13 heteroatoms. The van der Waals surface area contributed by atoms with Gasteiger partial charge in [-0.05, 0) is 24.6 Å². The predicted octanol–water partition coefficient (Wildman–Crippen LogP) is 1.72. The summed E-state index contributed by atoms with van der Waals surface area (Å²) in [5.74, 6) is -1.59. The summed E-state index contributed by atoms with van der Waals surface area (Å²) in [5, 5.41) is 13.8. The number of amides is 1. The smallest absolute Gasteiger partial charge is 0.345 e. The van der Waals surface area contributed by atoms with Gasteiger partial charge in [0.2, 0.25) is 10.0 Å². The molecule has 1 N–H and O–H groups in total. The van der Waals surface area contributed by atoms with Crippen molar-refractivity contribution in [2.75, 3.05) is 39.2 Å². The van der Waals surface area contributed by atoms with Crippen molar-refractivity contribution in [3.8, 4) is 11.5 Å². The molecule has 0 radical (unpaired) electrons. The molecule has 1 amide bonds. The molecule has 2 aromatic carbocycles. The van der Waals surface area contributed by atoms with E-state index >= 15 is 0 Å². The monoisotopic (exact) mass is 479 g/mol. The minimum Gasteiger partial charge on any atom is -0.486 e. The van der Waals surface area contributed by atoms with Gasteiger partial charge in [-0.2, -0.15) is 0 Å². The molecular weight excluding hydrogens is 458 g/mol. The second-order valence-corrected chi connectivity index (χ2v) is 9.28. The van der Waals surface area contributed by atoms with Crippen LogP contribution in [0.5, 0.6) is 11.5 Å². The number of fused-ring (bicyclic) bond motifs is 1. The van der Waals surface area contributed by atoms with Crippen LogP contribution in [0.1, 0.15) is 15.9 Å². The van der Waals surface area contributed by atoms with Gasteiger partial charge in [0.15, 0.2) is 18.1 Å². The minimum atomic E-state index is -3.74. The summed E-state index contributed by atoms with van der Waals surface area (Å²) in [7, 11) is -0.967. The Balaban J connectivity index is 1.72. The largest absolute Gasteiger partial charge is 0.486 e. The Morgan fingerprint density at radius 1 is 1.15 bits per heavy atom. The zero-order chi connectivity index (χ0) is 24.3. The summed E-state index contributed by atoms with van der Waals surface area (Å²) in [5.41, 5.74) is -0.292. The number of aryl methyl sites for hydroxylation is 1. The van der Waals surface area contributed by atoms with Crippen LogP contribution in [0, 0.1) is 17.0 Å². The van der Waals surface area contributed by atoms with E-state index in [4.69, 9.17) is 14.2 Å². The maximum atomic E-state index is 12.4. The quantitative estimate of drug-likeness (QED) is 0.355.